The van der Waals surface area contributed by atoms with E-state index in [1.807, 2.05) is 13.1 Å². The predicted molar refractivity (Wildman–Crippen MR) is 91.7 cm³/mol. The van der Waals surface area contributed by atoms with E-state index in [2.05, 4.69) is 5.10 Å². The molecule has 7 heteroatoms. The Hall–Kier alpha value is -3.09. The number of ether oxygens (including phenoxy) is 1. The second-order valence-corrected chi connectivity index (χ2v) is 6.04. The standard InChI is InChI=1S/C18H17N3O4/c1-20-10-8-16(19-20)21-9-2-3-14(18(21)23)24-13-6-4-12-5-7-17(22)25-15(12)11-13/h4-8,10-11,14H,2-3,9H2,1H3/t14-/m0/s1. The molecule has 1 aliphatic heterocycles. The van der Waals surface area contributed by atoms with E-state index < -0.39 is 11.7 Å². The van der Waals surface area contributed by atoms with Crippen LogP contribution in [0.4, 0.5) is 5.82 Å². The number of hydrogen-bond acceptors (Lipinski definition) is 5. The summed E-state index contributed by atoms with van der Waals surface area (Å²) in [5.41, 5.74) is 0.0227. The van der Waals surface area contributed by atoms with Crippen LogP contribution >= 0.6 is 0 Å². The monoisotopic (exact) mass is 339 g/mol. The van der Waals surface area contributed by atoms with Crippen LogP contribution in [0, 0.1) is 0 Å². The molecule has 0 aliphatic carbocycles. The topological polar surface area (TPSA) is 77.6 Å². The molecule has 3 aromatic rings. The summed E-state index contributed by atoms with van der Waals surface area (Å²) in [5.74, 6) is 1.02. The van der Waals surface area contributed by atoms with Gasteiger partial charge in [-0.05, 0) is 31.0 Å². The van der Waals surface area contributed by atoms with Gasteiger partial charge in [0.25, 0.3) is 5.91 Å². The van der Waals surface area contributed by atoms with E-state index in [-0.39, 0.29) is 5.91 Å². The molecule has 1 saturated heterocycles. The van der Waals surface area contributed by atoms with Crippen LogP contribution in [0.3, 0.4) is 0 Å². The number of nitrogens with zero attached hydrogens (tertiary/aromatic N) is 3. The smallest absolute Gasteiger partial charge is 0.336 e. The fourth-order valence-electron chi connectivity index (χ4n) is 3.00. The summed E-state index contributed by atoms with van der Waals surface area (Å²) in [5, 5.41) is 5.10. The van der Waals surface area contributed by atoms with Crippen molar-refractivity contribution in [3.8, 4) is 5.75 Å². The molecule has 1 atom stereocenters. The van der Waals surface area contributed by atoms with E-state index in [1.54, 1.807) is 40.0 Å². The number of aromatic nitrogens is 2. The SMILES string of the molecule is Cn1ccc(N2CCC[C@H](Oc3ccc4ccc(=O)oc4c3)C2=O)n1. The highest BCUT2D eigenvalue weighted by Gasteiger charge is 2.32. The fraction of sp³-hybridized carbons (Fsp3) is 0.278. The van der Waals surface area contributed by atoms with Crippen molar-refractivity contribution < 1.29 is 13.9 Å². The van der Waals surface area contributed by atoms with Gasteiger partial charge in [0.05, 0.1) is 0 Å². The Balaban J connectivity index is 1.57. The zero-order chi connectivity index (χ0) is 17.4. The summed E-state index contributed by atoms with van der Waals surface area (Å²) in [4.78, 5) is 25.7. The molecule has 4 rings (SSSR count). The number of fused-ring (bicyclic) bond motifs is 1. The minimum absolute atomic E-state index is 0.112. The molecule has 1 aliphatic rings. The van der Waals surface area contributed by atoms with Gasteiger partial charge < -0.3 is 9.15 Å². The van der Waals surface area contributed by atoms with Gasteiger partial charge in [-0.15, -0.1) is 0 Å². The van der Waals surface area contributed by atoms with Gasteiger partial charge in [0.1, 0.15) is 11.3 Å². The number of benzene rings is 1. The maximum atomic E-state index is 12.7. The molecule has 0 spiro atoms. The first-order valence-electron chi connectivity index (χ1n) is 8.12. The zero-order valence-corrected chi connectivity index (χ0v) is 13.7. The molecule has 0 saturated carbocycles. The largest absolute Gasteiger partial charge is 0.480 e. The molecule has 128 valence electrons. The van der Waals surface area contributed by atoms with Crippen LogP contribution in [0.25, 0.3) is 11.0 Å². The maximum Gasteiger partial charge on any atom is 0.336 e. The third-order valence-corrected chi connectivity index (χ3v) is 4.24. The van der Waals surface area contributed by atoms with Gasteiger partial charge in [0.15, 0.2) is 11.9 Å². The Bertz CT molecular complexity index is 991. The first-order valence-corrected chi connectivity index (χ1v) is 8.12. The lowest BCUT2D eigenvalue weighted by Crippen LogP contribution is -2.47. The van der Waals surface area contributed by atoms with Crippen molar-refractivity contribution in [2.24, 2.45) is 7.05 Å². The van der Waals surface area contributed by atoms with Crippen molar-refractivity contribution in [3.63, 3.8) is 0 Å². The van der Waals surface area contributed by atoms with Gasteiger partial charge in [-0.3, -0.25) is 14.4 Å². The van der Waals surface area contributed by atoms with Crippen molar-refractivity contribution >= 4 is 22.7 Å². The van der Waals surface area contributed by atoms with Gasteiger partial charge in [0, 0.05) is 43.4 Å². The molecular weight excluding hydrogens is 322 g/mol. The van der Waals surface area contributed by atoms with E-state index in [4.69, 9.17) is 9.15 Å². The minimum atomic E-state index is -0.580. The van der Waals surface area contributed by atoms with Crippen LogP contribution in [0.15, 0.2) is 51.8 Å². The van der Waals surface area contributed by atoms with E-state index >= 15 is 0 Å². The minimum Gasteiger partial charge on any atom is -0.480 e. The van der Waals surface area contributed by atoms with Crippen molar-refractivity contribution in [1.82, 2.24) is 9.78 Å². The number of anilines is 1. The Morgan fingerprint density at radius 1 is 1.20 bits per heavy atom. The van der Waals surface area contributed by atoms with E-state index in [0.29, 0.717) is 30.1 Å². The number of amides is 1. The third kappa shape index (κ3) is 3.00. The van der Waals surface area contributed by atoms with Crippen LogP contribution < -0.4 is 15.3 Å². The average Bonchev–Trinajstić information content (AvgIpc) is 3.02. The molecular formula is C18H17N3O4. The van der Waals surface area contributed by atoms with E-state index in [1.165, 1.54) is 6.07 Å². The Kier molecular flexibility index (Phi) is 3.76. The summed E-state index contributed by atoms with van der Waals surface area (Å²) < 4.78 is 12.7. The first kappa shape index (κ1) is 15.4. The number of aryl methyl sites for hydroxylation is 1. The maximum absolute atomic E-state index is 12.7. The van der Waals surface area contributed by atoms with E-state index in [0.717, 1.165) is 11.8 Å². The van der Waals surface area contributed by atoms with Gasteiger partial charge in [-0.1, -0.05) is 0 Å². The predicted octanol–water partition coefficient (Wildman–Crippen LogP) is 2.10. The molecule has 0 bridgehead atoms. The highest BCUT2D eigenvalue weighted by molar-refractivity contribution is 5.96. The molecule has 2 aromatic heterocycles. The van der Waals surface area contributed by atoms with Gasteiger partial charge in [0.2, 0.25) is 0 Å². The normalized spacial score (nSPS) is 17.9. The van der Waals surface area contributed by atoms with Crippen LogP contribution in [0.1, 0.15) is 12.8 Å². The van der Waals surface area contributed by atoms with Crippen molar-refractivity contribution in [2.75, 3.05) is 11.4 Å². The Morgan fingerprint density at radius 3 is 2.84 bits per heavy atom. The summed E-state index contributed by atoms with van der Waals surface area (Å²) in [6.07, 6.45) is 2.69. The molecule has 0 radical (unpaired) electrons. The molecule has 0 unspecified atom stereocenters. The molecule has 3 heterocycles. The van der Waals surface area contributed by atoms with Crippen LogP contribution in [-0.4, -0.2) is 28.3 Å². The molecule has 1 aromatic carbocycles. The summed E-state index contributed by atoms with van der Waals surface area (Å²) >= 11 is 0. The zero-order valence-electron chi connectivity index (χ0n) is 13.7. The highest BCUT2D eigenvalue weighted by Crippen LogP contribution is 2.25. The van der Waals surface area contributed by atoms with Crippen molar-refractivity contribution in [1.29, 1.82) is 0 Å². The van der Waals surface area contributed by atoms with Crippen molar-refractivity contribution in [3.05, 3.63) is 53.0 Å². The number of carbonyl (C=O) groups is 1. The lowest BCUT2D eigenvalue weighted by Gasteiger charge is -2.30. The quantitative estimate of drug-likeness (QED) is 0.683. The number of piperidine rings is 1. The summed E-state index contributed by atoms with van der Waals surface area (Å²) in [6, 6.07) is 10.1. The van der Waals surface area contributed by atoms with Crippen molar-refractivity contribution in [2.45, 2.75) is 18.9 Å². The first-order chi connectivity index (χ1) is 12.1. The van der Waals surface area contributed by atoms with Gasteiger partial charge in [-0.25, -0.2) is 4.79 Å². The summed E-state index contributed by atoms with van der Waals surface area (Å²) in [7, 11) is 1.81. The second-order valence-electron chi connectivity index (χ2n) is 6.04. The van der Waals surface area contributed by atoms with Crippen LogP contribution in [-0.2, 0) is 11.8 Å². The number of rotatable bonds is 3. The average molecular weight is 339 g/mol. The van der Waals surface area contributed by atoms with Gasteiger partial charge >= 0.3 is 5.63 Å². The van der Waals surface area contributed by atoms with E-state index in [9.17, 15) is 9.59 Å². The number of carbonyl (C=O) groups excluding carboxylic acids is 1. The van der Waals surface area contributed by atoms with Gasteiger partial charge in [-0.2, -0.15) is 5.10 Å². The number of hydrogen-bond donors (Lipinski definition) is 0. The van der Waals surface area contributed by atoms with Crippen LogP contribution in [0.2, 0.25) is 0 Å². The molecule has 7 nitrogen and oxygen atoms in total. The molecule has 0 N–H and O–H groups in total. The lowest BCUT2D eigenvalue weighted by molar-refractivity contribution is -0.127. The Morgan fingerprint density at radius 2 is 2.04 bits per heavy atom. The highest BCUT2D eigenvalue weighted by atomic mass is 16.5. The lowest BCUT2D eigenvalue weighted by atomic mass is 10.1. The molecule has 1 fully saturated rings. The third-order valence-electron chi connectivity index (χ3n) is 4.24. The summed E-state index contributed by atoms with van der Waals surface area (Å²) in [6.45, 7) is 0.627. The Labute approximate surface area is 143 Å². The molecule has 1 amide bonds. The van der Waals surface area contributed by atoms with Crippen LogP contribution in [0.5, 0.6) is 5.75 Å². The molecule has 25 heavy (non-hydrogen) atoms. The second kappa shape index (κ2) is 6.08. The fourth-order valence-corrected chi connectivity index (χ4v) is 3.00.